The van der Waals surface area contributed by atoms with Gasteiger partial charge in [-0.2, -0.15) is 0 Å². The third-order valence-electron chi connectivity index (χ3n) is 2.81. The van der Waals surface area contributed by atoms with Crippen LogP contribution in [-0.2, 0) is 4.79 Å². The van der Waals surface area contributed by atoms with Crippen LogP contribution in [0.25, 0.3) is 0 Å². The predicted octanol–water partition coefficient (Wildman–Crippen LogP) is 3.25. The molecular weight excluding hydrogens is 323 g/mol. The lowest BCUT2D eigenvalue weighted by Crippen LogP contribution is -2.32. The predicted molar refractivity (Wildman–Crippen MR) is 89.2 cm³/mol. The van der Waals surface area contributed by atoms with Crippen LogP contribution in [-0.4, -0.2) is 34.9 Å². The Balaban J connectivity index is 1.95. The highest BCUT2D eigenvalue weighted by Crippen LogP contribution is 2.26. The van der Waals surface area contributed by atoms with E-state index in [-0.39, 0.29) is 17.5 Å². The molecule has 0 aliphatic carbocycles. The number of rotatable bonds is 7. The van der Waals surface area contributed by atoms with Crippen molar-refractivity contribution in [3.63, 3.8) is 0 Å². The van der Waals surface area contributed by atoms with Gasteiger partial charge in [0.25, 0.3) is 0 Å². The molecule has 2 rings (SSSR count). The van der Waals surface area contributed by atoms with Crippen molar-refractivity contribution in [1.82, 2.24) is 10.2 Å². The van der Waals surface area contributed by atoms with Crippen LogP contribution in [0.15, 0.2) is 28.6 Å². The number of hydrogen-bond donors (Lipinski definition) is 1. The fourth-order valence-electron chi connectivity index (χ4n) is 1.82. The van der Waals surface area contributed by atoms with E-state index in [0.29, 0.717) is 12.2 Å². The molecular formula is C14H17FN4OS2. The van der Waals surface area contributed by atoms with E-state index in [9.17, 15) is 9.18 Å². The normalized spacial score (nSPS) is 10.5. The molecule has 5 nitrogen and oxygen atoms in total. The molecule has 1 aromatic carbocycles. The maximum atomic E-state index is 13.0. The fourth-order valence-corrected chi connectivity index (χ4v) is 3.51. The molecule has 0 atom stereocenters. The number of carbonyl (C=O) groups excluding carboxylic acids is 1. The molecule has 0 radical (unpaired) electrons. The third kappa shape index (κ3) is 4.41. The van der Waals surface area contributed by atoms with Gasteiger partial charge in [-0.05, 0) is 38.1 Å². The second-order valence-electron chi connectivity index (χ2n) is 4.31. The third-order valence-corrected chi connectivity index (χ3v) is 4.81. The Bertz CT molecular complexity index is 618. The van der Waals surface area contributed by atoms with E-state index in [1.807, 2.05) is 13.8 Å². The second-order valence-corrected chi connectivity index (χ2v) is 6.51. The highest BCUT2D eigenvalue weighted by molar-refractivity contribution is 8.01. The van der Waals surface area contributed by atoms with Crippen LogP contribution in [0.4, 0.5) is 15.2 Å². The maximum absolute atomic E-state index is 13.0. The first-order chi connectivity index (χ1) is 10.6. The van der Waals surface area contributed by atoms with Crippen molar-refractivity contribution in [3.8, 4) is 0 Å². The van der Waals surface area contributed by atoms with Gasteiger partial charge >= 0.3 is 0 Å². The quantitative estimate of drug-likeness (QED) is 0.784. The number of thioether (sulfide) groups is 1. The molecule has 0 saturated carbocycles. The number of halogens is 1. The maximum Gasteiger partial charge on any atom is 0.237 e. The summed E-state index contributed by atoms with van der Waals surface area (Å²) in [5.74, 6) is -0.0860. The van der Waals surface area contributed by atoms with Crippen molar-refractivity contribution in [2.24, 2.45) is 0 Å². The Kier molecular flexibility index (Phi) is 6.14. The number of anilines is 2. The number of aromatic nitrogens is 2. The van der Waals surface area contributed by atoms with Gasteiger partial charge in [0, 0.05) is 18.8 Å². The zero-order valence-electron chi connectivity index (χ0n) is 12.4. The molecule has 0 spiro atoms. The van der Waals surface area contributed by atoms with E-state index in [2.05, 4.69) is 15.5 Å². The van der Waals surface area contributed by atoms with Crippen LogP contribution in [0.2, 0.25) is 0 Å². The molecule has 1 heterocycles. The molecule has 0 unspecified atom stereocenters. The summed E-state index contributed by atoms with van der Waals surface area (Å²) in [6.45, 7) is 5.19. The Morgan fingerprint density at radius 1 is 1.32 bits per heavy atom. The average molecular weight is 340 g/mol. The van der Waals surface area contributed by atoms with Crippen molar-refractivity contribution in [2.75, 3.05) is 29.1 Å². The van der Waals surface area contributed by atoms with E-state index in [1.54, 1.807) is 17.0 Å². The number of hydrogen-bond acceptors (Lipinski definition) is 6. The minimum atomic E-state index is -0.313. The summed E-state index contributed by atoms with van der Waals surface area (Å²) in [7, 11) is 0. The first-order valence-corrected chi connectivity index (χ1v) is 8.70. The monoisotopic (exact) mass is 340 g/mol. The molecule has 22 heavy (non-hydrogen) atoms. The Labute approximate surface area is 136 Å². The van der Waals surface area contributed by atoms with Gasteiger partial charge < -0.3 is 10.2 Å². The summed E-state index contributed by atoms with van der Waals surface area (Å²) >= 11 is 2.78. The minimum absolute atomic E-state index is 0.0423. The van der Waals surface area contributed by atoms with Gasteiger partial charge in [0.1, 0.15) is 5.82 Å². The van der Waals surface area contributed by atoms with Gasteiger partial charge in [0.2, 0.25) is 11.0 Å². The average Bonchev–Trinajstić information content (AvgIpc) is 2.96. The summed E-state index contributed by atoms with van der Waals surface area (Å²) in [5.41, 5.74) is 0.695. The molecule has 1 N–H and O–H groups in total. The van der Waals surface area contributed by atoms with E-state index >= 15 is 0 Å². The Morgan fingerprint density at radius 2 is 2.05 bits per heavy atom. The summed E-state index contributed by atoms with van der Waals surface area (Å²) in [6.07, 6.45) is 0. The number of nitrogens with zero attached hydrogens (tertiary/aromatic N) is 3. The van der Waals surface area contributed by atoms with Gasteiger partial charge in [-0.3, -0.25) is 4.79 Å². The molecule has 1 amide bonds. The van der Waals surface area contributed by atoms with Crippen molar-refractivity contribution in [3.05, 3.63) is 30.1 Å². The molecule has 0 fully saturated rings. The summed E-state index contributed by atoms with van der Waals surface area (Å²) < 4.78 is 13.7. The van der Waals surface area contributed by atoms with E-state index in [1.165, 1.54) is 35.2 Å². The molecule has 0 saturated heterocycles. The highest BCUT2D eigenvalue weighted by atomic mass is 32.2. The van der Waals surface area contributed by atoms with Crippen molar-refractivity contribution in [2.45, 2.75) is 18.2 Å². The first kappa shape index (κ1) is 16.7. The summed E-state index contributed by atoms with van der Waals surface area (Å²) in [4.78, 5) is 13.9. The van der Waals surface area contributed by atoms with Crippen LogP contribution in [0, 0.1) is 5.82 Å². The second kappa shape index (κ2) is 8.09. The number of nitrogens with one attached hydrogen (secondary N) is 1. The minimum Gasteiger partial charge on any atom is -0.360 e. The van der Waals surface area contributed by atoms with E-state index in [4.69, 9.17) is 0 Å². The van der Waals surface area contributed by atoms with Crippen LogP contribution in [0.1, 0.15) is 13.8 Å². The lowest BCUT2D eigenvalue weighted by Gasteiger charge is -2.20. The summed E-state index contributed by atoms with van der Waals surface area (Å²) in [6, 6.07) is 5.92. The first-order valence-electron chi connectivity index (χ1n) is 6.90. The van der Waals surface area contributed by atoms with Crippen LogP contribution in [0.5, 0.6) is 0 Å². The molecule has 0 aliphatic heterocycles. The highest BCUT2D eigenvalue weighted by Gasteiger charge is 2.15. The molecule has 2 aromatic rings. The van der Waals surface area contributed by atoms with Crippen LogP contribution in [0.3, 0.4) is 0 Å². The van der Waals surface area contributed by atoms with Crippen molar-refractivity contribution >= 4 is 39.8 Å². The van der Waals surface area contributed by atoms with E-state index < -0.39 is 0 Å². The van der Waals surface area contributed by atoms with E-state index in [0.717, 1.165) is 16.0 Å². The molecule has 1 aromatic heterocycles. The number of benzene rings is 1. The zero-order valence-corrected chi connectivity index (χ0v) is 14.0. The smallest absolute Gasteiger partial charge is 0.237 e. The Hall–Kier alpha value is -1.67. The molecule has 0 bridgehead atoms. The van der Waals surface area contributed by atoms with Crippen LogP contribution >= 0.6 is 23.1 Å². The number of amides is 1. The van der Waals surface area contributed by atoms with Crippen LogP contribution < -0.4 is 10.2 Å². The Morgan fingerprint density at radius 3 is 2.68 bits per heavy atom. The van der Waals surface area contributed by atoms with Crippen molar-refractivity contribution < 1.29 is 9.18 Å². The van der Waals surface area contributed by atoms with Gasteiger partial charge in [-0.25, -0.2) is 4.39 Å². The fraction of sp³-hybridized carbons (Fsp3) is 0.357. The SMILES string of the molecule is CCNc1nnc(SCC(=O)N(CC)c2ccc(F)cc2)s1. The van der Waals surface area contributed by atoms with Gasteiger partial charge in [-0.15, -0.1) is 10.2 Å². The summed E-state index contributed by atoms with van der Waals surface area (Å²) in [5, 5.41) is 11.8. The van der Waals surface area contributed by atoms with Gasteiger partial charge in [0.05, 0.1) is 5.75 Å². The lowest BCUT2D eigenvalue weighted by molar-refractivity contribution is -0.116. The molecule has 0 aliphatic rings. The molecule has 8 heteroatoms. The number of carbonyl (C=O) groups is 1. The van der Waals surface area contributed by atoms with Gasteiger partial charge in [-0.1, -0.05) is 23.1 Å². The zero-order chi connectivity index (χ0) is 15.9. The van der Waals surface area contributed by atoms with Crippen molar-refractivity contribution in [1.29, 1.82) is 0 Å². The topological polar surface area (TPSA) is 58.1 Å². The van der Waals surface area contributed by atoms with Gasteiger partial charge in [0.15, 0.2) is 4.34 Å². The standard InChI is InChI=1S/C14H17FN4OS2/c1-3-16-13-17-18-14(22-13)21-9-12(20)19(4-2)11-7-5-10(15)6-8-11/h5-8H,3-4,9H2,1-2H3,(H,16,17). The largest absolute Gasteiger partial charge is 0.360 e. The lowest BCUT2D eigenvalue weighted by atomic mass is 10.3. The molecule has 118 valence electrons.